The number of piperazine rings is 1. The van der Waals surface area contributed by atoms with Crippen molar-refractivity contribution in [2.24, 2.45) is 0 Å². The van der Waals surface area contributed by atoms with Crippen LogP contribution in [0.15, 0.2) is 43.1 Å². The summed E-state index contributed by atoms with van der Waals surface area (Å²) in [7, 11) is 2.14. The number of hydrogen-bond donors (Lipinski definition) is 2. The Balaban J connectivity index is 1.47. The van der Waals surface area contributed by atoms with Gasteiger partial charge in [0.05, 0.1) is 39.3 Å². The summed E-state index contributed by atoms with van der Waals surface area (Å²) in [4.78, 5) is 13.8. The molecular formula is C24H25ClF2N6. The van der Waals surface area contributed by atoms with E-state index in [2.05, 4.69) is 38.7 Å². The van der Waals surface area contributed by atoms with Gasteiger partial charge in [-0.2, -0.15) is 0 Å². The summed E-state index contributed by atoms with van der Waals surface area (Å²) in [5.74, 6) is -1.75. The van der Waals surface area contributed by atoms with Crippen molar-refractivity contribution in [2.45, 2.75) is 0 Å². The number of rotatable bonds is 7. The summed E-state index contributed by atoms with van der Waals surface area (Å²) in [5.41, 5.74) is 2.43. The maximum Gasteiger partial charge on any atom is 0.144 e. The molecule has 0 aliphatic carbocycles. The molecule has 0 amide bonds. The summed E-state index contributed by atoms with van der Waals surface area (Å²) in [6.07, 6.45) is 1.76. The Hall–Kier alpha value is -2.94. The molecule has 0 radical (unpaired) electrons. The maximum atomic E-state index is 14.2. The zero-order chi connectivity index (χ0) is 23.5. The first kappa shape index (κ1) is 23.2. The van der Waals surface area contributed by atoms with Crippen molar-refractivity contribution in [1.29, 1.82) is 5.41 Å². The highest BCUT2D eigenvalue weighted by atomic mass is 35.5. The zero-order valence-electron chi connectivity index (χ0n) is 18.3. The third kappa shape index (κ3) is 5.35. The fourth-order valence-corrected chi connectivity index (χ4v) is 3.87. The van der Waals surface area contributed by atoms with Gasteiger partial charge in [-0.15, -0.1) is 0 Å². The lowest BCUT2D eigenvalue weighted by Crippen LogP contribution is -2.45. The second kappa shape index (κ2) is 9.91. The molecule has 1 aromatic carbocycles. The van der Waals surface area contributed by atoms with Crippen LogP contribution in [0.4, 0.5) is 14.5 Å². The van der Waals surface area contributed by atoms with E-state index in [9.17, 15) is 8.78 Å². The average Bonchev–Trinajstić information content (AvgIpc) is 2.81. The van der Waals surface area contributed by atoms with Gasteiger partial charge in [0, 0.05) is 56.5 Å². The maximum absolute atomic E-state index is 14.2. The van der Waals surface area contributed by atoms with Crippen molar-refractivity contribution in [3.8, 4) is 0 Å². The molecule has 0 atom stereocenters. The van der Waals surface area contributed by atoms with Crippen molar-refractivity contribution in [3.05, 3.63) is 71.0 Å². The number of nitrogens with one attached hydrogen (secondary N) is 2. The summed E-state index contributed by atoms with van der Waals surface area (Å²) >= 11 is 5.77. The van der Waals surface area contributed by atoms with Gasteiger partial charge in [-0.05, 0) is 31.3 Å². The first-order valence-corrected chi connectivity index (χ1v) is 11.0. The summed E-state index contributed by atoms with van der Waals surface area (Å²) in [6, 6.07) is 7.10. The highest BCUT2D eigenvalue weighted by Gasteiger charge is 2.17. The van der Waals surface area contributed by atoms with Crippen LogP contribution < -0.4 is 5.32 Å². The van der Waals surface area contributed by atoms with Gasteiger partial charge < -0.3 is 10.2 Å². The molecule has 2 aromatic heterocycles. The van der Waals surface area contributed by atoms with Crippen molar-refractivity contribution in [1.82, 2.24) is 19.8 Å². The molecule has 0 spiro atoms. The average molecular weight is 471 g/mol. The topological polar surface area (TPSA) is 68.1 Å². The predicted octanol–water partition coefficient (Wildman–Crippen LogP) is 4.30. The fraction of sp³-hybridized carbons (Fsp3) is 0.292. The monoisotopic (exact) mass is 470 g/mol. The minimum atomic E-state index is -0.877. The highest BCUT2D eigenvalue weighted by Crippen LogP contribution is 2.25. The van der Waals surface area contributed by atoms with E-state index in [1.165, 1.54) is 0 Å². The molecule has 0 unspecified atom stereocenters. The fourth-order valence-electron chi connectivity index (χ4n) is 3.71. The zero-order valence-corrected chi connectivity index (χ0v) is 19.1. The van der Waals surface area contributed by atoms with Gasteiger partial charge in [0.25, 0.3) is 0 Å². The molecule has 1 fully saturated rings. The molecule has 0 bridgehead atoms. The number of aromatic nitrogens is 2. The van der Waals surface area contributed by atoms with Crippen LogP contribution in [-0.4, -0.2) is 71.8 Å². The third-order valence-corrected chi connectivity index (χ3v) is 6.07. The molecule has 1 aliphatic rings. The molecule has 6 nitrogen and oxygen atoms in total. The van der Waals surface area contributed by atoms with E-state index in [1.54, 1.807) is 18.3 Å². The molecule has 33 heavy (non-hydrogen) atoms. The van der Waals surface area contributed by atoms with E-state index in [4.69, 9.17) is 17.0 Å². The van der Waals surface area contributed by atoms with Crippen molar-refractivity contribution >= 4 is 39.6 Å². The van der Waals surface area contributed by atoms with Crippen LogP contribution in [0.25, 0.3) is 16.6 Å². The molecule has 172 valence electrons. The van der Waals surface area contributed by atoms with Crippen LogP contribution in [0.5, 0.6) is 0 Å². The molecule has 1 saturated heterocycles. The summed E-state index contributed by atoms with van der Waals surface area (Å²) in [6.45, 7) is 9.91. The number of pyridine rings is 2. The van der Waals surface area contributed by atoms with Crippen molar-refractivity contribution in [2.75, 3.05) is 51.6 Å². The van der Waals surface area contributed by atoms with Crippen molar-refractivity contribution in [3.63, 3.8) is 0 Å². The Kier molecular flexibility index (Phi) is 6.97. The molecule has 4 rings (SSSR count). The van der Waals surface area contributed by atoms with Crippen LogP contribution in [0.1, 0.15) is 11.3 Å². The highest BCUT2D eigenvalue weighted by molar-refractivity contribution is 6.33. The lowest BCUT2D eigenvalue weighted by Gasteiger charge is -2.32. The summed E-state index contributed by atoms with van der Waals surface area (Å²) < 4.78 is 27.7. The number of halogens is 3. The Morgan fingerprint density at radius 1 is 1.12 bits per heavy atom. The molecule has 3 aromatic rings. The quantitative estimate of drug-likeness (QED) is 0.398. The molecule has 1 aliphatic heterocycles. The van der Waals surface area contributed by atoms with Crippen molar-refractivity contribution < 1.29 is 8.78 Å². The van der Waals surface area contributed by atoms with Gasteiger partial charge in [0.1, 0.15) is 11.6 Å². The lowest BCUT2D eigenvalue weighted by molar-refractivity contribution is 0.158. The number of allylic oxidation sites excluding steroid dienone is 1. The van der Waals surface area contributed by atoms with Crippen LogP contribution in [-0.2, 0) is 0 Å². The van der Waals surface area contributed by atoms with Crippen LogP contribution in [0.2, 0.25) is 5.02 Å². The number of anilines is 1. The number of fused-ring (bicyclic) bond motifs is 1. The van der Waals surface area contributed by atoms with E-state index in [0.717, 1.165) is 51.0 Å². The Bertz CT molecular complexity index is 1210. The number of benzene rings is 1. The third-order valence-electron chi connectivity index (χ3n) is 5.78. The van der Waals surface area contributed by atoms with E-state index in [1.807, 2.05) is 6.07 Å². The molecule has 2 N–H and O–H groups in total. The number of likely N-dealkylation sites (N-methyl/N-ethyl adjacent to an activating group) is 1. The SMILES string of the molecule is C=C(C(=N)c1cc(Cl)c(F)cc1F)c1ccc2ncc(NCCN3CCN(C)CC3)cc2n1. The van der Waals surface area contributed by atoms with Gasteiger partial charge in [-0.3, -0.25) is 15.3 Å². The van der Waals surface area contributed by atoms with Gasteiger partial charge in [0.2, 0.25) is 0 Å². The van der Waals surface area contributed by atoms with Gasteiger partial charge in [0.15, 0.2) is 0 Å². The van der Waals surface area contributed by atoms with Gasteiger partial charge in [-0.1, -0.05) is 18.2 Å². The van der Waals surface area contributed by atoms with E-state index >= 15 is 0 Å². The Morgan fingerprint density at radius 3 is 2.64 bits per heavy atom. The minimum Gasteiger partial charge on any atom is -0.382 e. The standard InChI is InChI=1S/C24H25ClF2N6/c1-15(24(28)17-12-18(25)20(27)13-19(17)26)21-3-4-22-23(31-21)11-16(14-30-22)29-5-6-33-9-7-32(2)8-10-33/h3-4,11-14,28-29H,1,5-10H2,2H3. The normalized spacial score (nSPS) is 15.0. The second-order valence-corrected chi connectivity index (χ2v) is 8.54. The van der Waals surface area contributed by atoms with Crippen LogP contribution >= 0.6 is 11.6 Å². The second-order valence-electron chi connectivity index (χ2n) is 8.13. The van der Waals surface area contributed by atoms with E-state index < -0.39 is 11.6 Å². The first-order chi connectivity index (χ1) is 15.8. The molecular weight excluding hydrogens is 446 g/mol. The lowest BCUT2D eigenvalue weighted by atomic mass is 10.00. The Morgan fingerprint density at radius 2 is 1.88 bits per heavy atom. The van der Waals surface area contributed by atoms with E-state index in [-0.39, 0.29) is 21.9 Å². The van der Waals surface area contributed by atoms with Crippen LogP contribution in [0, 0.1) is 17.0 Å². The number of hydrogen-bond acceptors (Lipinski definition) is 6. The first-order valence-electron chi connectivity index (χ1n) is 10.7. The summed E-state index contributed by atoms with van der Waals surface area (Å²) in [5, 5.41) is 11.5. The van der Waals surface area contributed by atoms with E-state index in [0.29, 0.717) is 22.8 Å². The predicted molar refractivity (Wildman–Crippen MR) is 129 cm³/mol. The smallest absolute Gasteiger partial charge is 0.144 e. The Labute approximate surface area is 196 Å². The molecule has 3 heterocycles. The van der Waals surface area contributed by atoms with Gasteiger partial charge in [-0.25, -0.2) is 13.8 Å². The van der Waals surface area contributed by atoms with Crippen LogP contribution in [0.3, 0.4) is 0 Å². The van der Waals surface area contributed by atoms with Gasteiger partial charge >= 0.3 is 0 Å². The minimum absolute atomic E-state index is 0.134. The number of nitrogens with zero attached hydrogens (tertiary/aromatic N) is 4. The molecule has 9 heteroatoms. The largest absolute Gasteiger partial charge is 0.382 e. The molecule has 0 saturated carbocycles.